The van der Waals surface area contributed by atoms with Crippen molar-refractivity contribution in [1.29, 1.82) is 0 Å². The van der Waals surface area contributed by atoms with Gasteiger partial charge in [-0.25, -0.2) is 0 Å². The Kier molecular flexibility index (Phi) is 4.41. The summed E-state index contributed by atoms with van der Waals surface area (Å²) < 4.78 is 5.36. The van der Waals surface area contributed by atoms with Gasteiger partial charge in [-0.1, -0.05) is 12.1 Å². The van der Waals surface area contributed by atoms with Gasteiger partial charge in [0.05, 0.1) is 12.3 Å². The molecule has 0 heterocycles. The van der Waals surface area contributed by atoms with E-state index in [4.69, 9.17) is 4.74 Å². The summed E-state index contributed by atoms with van der Waals surface area (Å²) in [5.74, 6) is 0.611. The molecule has 0 aliphatic rings. The zero-order valence-electron chi connectivity index (χ0n) is 12.1. The van der Waals surface area contributed by atoms with Gasteiger partial charge < -0.3 is 9.84 Å². The topological polar surface area (TPSA) is 41.8 Å². The van der Waals surface area contributed by atoms with Gasteiger partial charge in [0.25, 0.3) is 0 Å². The second kappa shape index (κ2) is 6.24. The van der Waals surface area contributed by atoms with Crippen molar-refractivity contribution in [1.82, 2.24) is 0 Å². The van der Waals surface area contributed by atoms with Crippen molar-refractivity contribution in [2.45, 2.75) is 20.8 Å². The Morgan fingerprint density at radius 2 is 1.85 bits per heavy atom. The zero-order valence-corrected chi connectivity index (χ0v) is 12.1. The Labute approximate surface area is 119 Å². The molecule has 2 aromatic carbocycles. The number of aliphatic imine (C=N–C) groups is 1. The second-order valence-electron chi connectivity index (χ2n) is 4.73. The predicted octanol–water partition coefficient (Wildman–Crippen LogP) is 4.16. The summed E-state index contributed by atoms with van der Waals surface area (Å²) in [7, 11) is 0. The van der Waals surface area contributed by atoms with Gasteiger partial charge in [-0.3, -0.25) is 4.99 Å². The third-order valence-corrected chi connectivity index (χ3v) is 2.89. The van der Waals surface area contributed by atoms with Crippen LogP contribution in [0.15, 0.2) is 41.4 Å². The monoisotopic (exact) mass is 269 g/mol. The molecule has 0 bridgehead atoms. The second-order valence-corrected chi connectivity index (χ2v) is 4.73. The first-order valence-electron chi connectivity index (χ1n) is 6.67. The molecule has 2 aromatic rings. The largest absolute Gasteiger partial charge is 0.504 e. The van der Waals surface area contributed by atoms with Gasteiger partial charge in [-0.05, 0) is 56.2 Å². The van der Waals surface area contributed by atoms with Crippen molar-refractivity contribution in [2.75, 3.05) is 6.61 Å². The standard InChI is InChI=1S/C17H19NO2/c1-4-20-16-7-5-6-14(17(16)19)11-18-15-9-12(2)8-13(3)10-15/h5-11,19H,4H2,1-3H3. The van der Waals surface area contributed by atoms with E-state index in [2.05, 4.69) is 11.1 Å². The third-order valence-electron chi connectivity index (χ3n) is 2.89. The molecular weight excluding hydrogens is 250 g/mol. The number of para-hydroxylation sites is 1. The molecule has 104 valence electrons. The van der Waals surface area contributed by atoms with Gasteiger partial charge in [-0.2, -0.15) is 0 Å². The molecule has 0 fully saturated rings. The SMILES string of the molecule is CCOc1cccc(C=Nc2cc(C)cc(C)c2)c1O. The van der Waals surface area contributed by atoms with Crippen LogP contribution >= 0.6 is 0 Å². The first kappa shape index (κ1) is 14.1. The lowest BCUT2D eigenvalue weighted by atomic mass is 10.1. The van der Waals surface area contributed by atoms with Crippen molar-refractivity contribution in [3.63, 3.8) is 0 Å². The van der Waals surface area contributed by atoms with E-state index in [1.54, 1.807) is 12.3 Å². The average molecular weight is 269 g/mol. The Morgan fingerprint density at radius 3 is 2.50 bits per heavy atom. The molecule has 0 aliphatic heterocycles. The molecule has 0 unspecified atom stereocenters. The number of phenolic OH excluding ortho intramolecular Hbond substituents is 1. The Morgan fingerprint density at radius 1 is 1.15 bits per heavy atom. The van der Waals surface area contributed by atoms with Gasteiger partial charge in [0, 0.05) is 11.8 Å². The summed E-state index contributed by atoms with van der Waals surface area (Å²) in [5.41, 5.74) is 3.87. The number of ether oxygens (including phenoxy) is 1. The molecule has 0 saturated carbocycles. The predicted molar refractivity (Wildman–Crippen MR) is 82.4 cm³/mol. The van der Waals surface area contributed by atoms with Crippen molar-refractivity contribution in [3.05, 3.63) is 53.1 Å². The van der Waals surface area contributed by atoms with E-state index in [1.165, 1.54) is 11.1 Å². The van der Waals surface area contributed by atoms with E-state index >= 15 is 0 Å². The number of phenols is 1. The molecule has 0 radical (unpaired) electrons. The highest BCUT2D eigenvalue weighted by Gasteiger charge is 2.05. The lowest BCUT2D eigenvalue weighted by molar-refractivity contribution is 0.318. The maximum absolute atomic E-state index is 10.1. The van der Waals surface area contributed by atoms with Crippen LogP contribution in [0.5, 0.6) is 11.5 Å². The highest BCUT2D eigenvalue weighted by atomic mass is 16.5. The molecule has 0 spiro atoms. The zero-order chi connectivity index (χ0) is 14.5. The number of benzene rings is 2. The average Bonchev–Trinajstić information content (AvgIpc) is 2.39. The van der Waals surface area contributed by atoms with Crippen molar-refractivity contribution in [2.24, 2.45) is 4.99 Å². The fraction of sp³-hybridized carbons (Fsp3) is 0.235. The van der Waals surface area contributed by atoms with Crippen LogP contribution in [0.3, 0.4) is 0 Å². The van der Waals surface area contributed by atoms with E-state index in [0.29, 0.717) is 17.9 Å². The summed E-state index contributed by atoms with van der Waals surface area (Å²) in [6.07, 6.45) is 1.66. The van der Waals surface area contributed by atoms with E-state index in [1.807, 2.05) is 45.0 Å². The van der Waals surface area contributed by atoms with Crippen LogP contribution in [-0.4, -0.2) is 17.9 Å². The van der Waals surface area contributed by atoms with E-state index in [-0.39, 0.29) is 5.75 Å². The van der Waals surface area contributed by atoms with Gasteiger partial charge in [0.1, 0.15) is 0 Å². The first-order chi connectivity index (χ1) is 9.60. The van der Waals surface area contributed by atoms with Crippen molar-refractivity contribution >= 4 is 11.9 Å². The quantitative estimate of drug-likeness (QED) is 0.847. The minimum absolute atomic E-state index is 0.127. The fourth-order valence-electron chi connectivity index (χ4n) is 2.08. The smallest absolute Gasteiger partial charge is 0.166 e. The van der Waals surface area contributed by atoms with Crippen molar-refractivity contribution in [3.8, 4) is 11.5 Å². The van der Waals surface area contributed by atoms with Crippen LogP contribution in [0.2, 0.25) is 0 Å². The molecule has 0 saturated heterocycles. The van der Waals surface area contributed by atoms with E-state index in [9.17, 15) is 5.11 Å². The van der Waals surface area contributed by atoms with Crippen LogP contribution in [0.1, 0.15) is 23.6 Å². The molecule has 0 aliphatic carbocycles. The van der Waals surface area contributed by atoms with E-state index < -0.39 is 0 Å². The van der Waals surface area contributed by atoms with Crippen molar-refractivity contribution < 1.29 is 9.84 Å². The number of aryl methyl sites for hydroxylation is 2. The number of hydrogen-bond donors (Lipinski definition) is 1. The van der Waals surface area contributed by atoms with Crippen LogP contribution in [-0.2, 0) is 0 Å². The van der Waals surface area contributed by atoms with E-state index in [0.717, 1.165) is 5.69 Å². The Balaban J connectivity index is 2.29. The van der Waals surface area contributed by atoms with Gasteiger partial charge >= 0.3 is 0 Å². The minimum atomic E-state index is 0.127. The number of nitrogens with zero attached hydrogens (tertiary/aromatic N) is 1. The fourth-order valence-corrected chi connectivity index (χ4v) is 2.08. The highest BCUT2D eigenvalue weighted by molar-refractivity contribution is 5.86. The summed E-state index contributed by atoms with van der Waals surface area (Å²) in [6.45, 7) is 6.49. The number of rotatable bonds is 4. The lowest BCUT2D eigenvalue weighted by Crippen LogP contribution is -1.93. The molecule has 0 aromatic heterocycles. The Bertz CT molecular complexity index is 613. The number of aromatic hydroxyl groups is 1. The molecule has 1 N–H and O–H groups in total. The molecular formula is C17H19NO2. The number of hydrogen-bond acceptors (Lipinski definition) is 3. The maximum atomic E-state index is 10.1. The summed E-state index contributed by atoms with van der Waals surface area (Å²) in [4.78, 5) is 4.42. The minimum Gasteiger partial charge on any atom is -0.504 e. The molecule has 2 rings (SSSR count). The third kappa shape index (κ3) is 3.38. The first-order valence-corrected chi connectivity index (χ1v) is 6.67. The molecule has 3 heteroatoms. The summed E-state index contributed by atoms with van der Waals surface area (Å²) in [6, 6.07) is 11.5. The van der Waals surface area contributed by atoms with Gasteiger partial charge in [0.15, 0.2) is 11.5 Å². The highest BCUT2D eigenvalue weighted by Crippen LogP contribution is 2.29. The van der Waals surface area contributed by atoms with Crippen LogP contribution in [0, 0.1) is 13.8 Å². The molecule has 0 atom stereocenters. The molecule has 0 amide bonds. The van der Waals surface area contributed by atoms with Crippen LogP contribution in [0.25, 0.3) is 0 Å². The Hall–Kier alpha value is -2.29. The van der Waals surface area contributed by atoms with Gasteiger partial charge in [0.2, 0.25) is 0 Å². The normalized spacial score (nSPS) is 10.9. The van der Waals surface area contributed by atoms with Gasteiger partial charge in [-0.15, -0.1) is 0 Å². The maximum Gasteiger partial charge on any atom is 0.166 e. The summed E-state index contributed by atoms with van der Waals surface area (Å²) in [5, 5.41) is 10.1. The molecule has 3 nitrogen and oxygen atoms in total. The molecule has 20 heavy (non-hydrogen) atoms. The summed E-state index contributed by atoms with van der Waals surface area (Å²) >= 11 is 0. The van der Waals surface area contributed by atoms with Crippen LogP contribution < -0.4 is 4.74 Å². The van der Waals surface area contributed by atoms with Crippen LogP contribution in [0.4, 0.5) is 5.69 Å². The lowest BCUT2D eigenvalue weighted by Gasteiger charge is -2.07.